The fourth-order valence-corrected chi connectivity index (χ4v) is 4.94. The van der Waals surface area contributed by atoms with Gasteiger partial charge in [-0.15, -0.1) is 0 Å². The lowest BCUT2D eigenvalue weighted by Crippen LogP contribution is -2.52. The Morgan fingerprint density at radius 2 is 1.59 bits per heavy atom. The Bertz CT molecular complexity index is 1180. The van der Waals surface area contributed by atoms with E-state index in [1.807, 2.05) is 54.6 Å². The highest BCUT2D eigenvalue weighted by atomic mass is 19.1. The van der Waals surface area contributed by atoms with Gasteiger partial charge in [0.05, 0.1) is 13.7 Å². The number of halogens is 1. The van der Waals surface area contributed by atoms with Crippen molar-refractivity contribution in [1.29, 1.82) is 0 Å². The zero-order valence-electron chi connectivity index (χ0n) is 22.5. The second-order valence-corrected chi connectivity index (χ2v) is 9.97. The highest BCUT2D eigenvalue weighted by molar-refractivity contribution is 5.88. The summed E-state index contributed by atoms with van der Waals surface area (Å²) in [4.78, 5) is 29.0. The van der Waals surface area contributed by atoms with Crippen LogP contribution in [0.1, 0.15) is 49.7 Å². The predicted molar refractivity (Wildman–Crippen MR) is 149 cm³/mol. The Kier molecular flexibility index (Phi) is 10.3. The van der Waals surface area contributed by atoms with Gasteiger partial charge in [-0.1, -0.05) is 55.3 Å². The number of ether oxygens (including phenoxy) is 2. The lowest BCUT2D eigenvalue weighted by molar-refractivity contribution is -0.141. The monoisotopic (exact) mass is 532 g/mol. The van der Waals surface area contributed by atoms with Crippen molar-refractivity contribution in [3.05, 3.63) is 95.8 Å². The van der Waals surface area contributed by atoms with Gasteiger partial charge in [0.1, 0.15) is 23.4 Å². The Morgan fingerprint density at radius 1 is 0.923 bits per heavy atom. The van der Waals surface area contributed by atoms with Crippen molar-refractivity contribution in [3.8, 4) is 11.5 Å². The van der Waals surface area contributed by atoms with Crippen molar-refractivity contribution in [2.75, 3.05) is 13.7 Å². The van der Waals surface area contributed by atoms with Gasteiger partial charge in [0.15, 0.2) is 0 Å². The third-order valence-electron chi connectivity index (χ3n) is 7.10. The molecule has 0 saturated heterocycles. The molecule has 1 atom stereocenters. The molecule has 0 unspecified atom stereocenters. The molecule has 0 bridgehead atoms. The quantitative estimate of drug-likeness (QED) is 0.287. The van der Waals surface area contributed by atoms with E-state index in [1.165, 1.54) is 12.1 Å². The summed E-state index contributed by atoms with van der Waals surface area (Å²) in [5.74, 6) is 0.821. The molecule has 0 heterocycles. The number of carbonyl (C=O) groups excluding carboxylic acids is 2. The van der Waals surface area contributed by atoms with E-state index >= 15 is 0 Å². The van der Waals surface area contributed by atoms with Crippen LogP contribution in [0, 0.1) is 5.82 Å². The van der Waals surface area contributed by atoms with E-state index in [2.05, 4.69) is 5.32 Å². The molecule has 0 aromatic heterocycles. The van der Waals surface area contributed by atoms with E-state index in [9.17, 15) is 14.0 Å². The first kappa shape index (κ1) is 28.1. The summed E-state index contributed by atoms with van der Waals surface area (Å²) in [5.41, 5.74) is 1.75. The van der Waals surface area contributed by atoms with Crippen LogP contribution in [0.4, 0.5) is 4.39 Å². The molecule has 1 fully saturated rings. The van der Waals surface area contributed by atoms with Crippen LogP contribution in [-0.4, -0.2) is 42.5 Å². The smallest absolute Gasteiger partial charge is 0.243 e. The van der Waals surface area contributed by atoms with E-state index in [1.54, 1.807) is 24.1 Å². The van der Waals surface area contributed by atoms with Gasteiger partial charge in [-0.3, -0.25) is 9.59 Å². The highest BCUT2D eigenvalue weighted by Crippen LogP contribution is 2.21. The Hall–Kier alpha value is -3.87. The average molecular weight is 533 g/mol. The summed E-state index contributed by atoms with van der Waals surface area (Å²) in [6, 6.07) is 22.6. The lowest BCUT2D eigenvalue weighted by atomic mass is 10.0. The maximum atomic E-state index is 13.7. The van der Waals surface area contributed by atoms with E-state index in [4.69, 9.17) is 9.47 Å². The SMILES string of the molecule is COc1ccc(OCCCC(=O)N(Cc2ccc(F)cc2)[C@@H](Cc2ccccc2)C(=O)NC2CCCC2)cc1. The number of amides is 2. The van der Waals surface area contributed by atoms with Crippen LogP contribution in [0.5, 0.6) is 11.5 Å². The van der Waals surface area contributed by atoms with Crippen molar-refractivity contribution in [3.63, 3.8) is 0 Å². The molecule has 3 aromatic rings. The molecule has 2 amide bonds. The average Bonchev–Trinajstić information content (AvgIpc) is 3.48. The molecule has 4 rings (SSSR count). The minimum atomic E-state index is -0.687. The summed E-state index contributed by atoms with van der Waals surface area (Å²) in [7, 11) is 1.61. The van der Waals surface area contributed by atoms with Gasteiger partial charge in [-0.25, -0.2) is 4.39 Å². The second kappa shape index (κ2) is 14.3. The Balaban J connectivity index is 1.49. The molecule has 39 heavy (non-hydrogen) atoms. The molecule has 206 valence electrons. The largest absolute Gasteiger partial charge is 0.497 e. The summed E-state index contributed by atoms with van der Waals surface area (Å²) in [6.07, 6.45) is 5.22. The van der Waals surface area contributed by atoms with Gasteiger partial charge in [-0.05, 0) is 66.8 Å². The van der Waals surface area contributed by atoms with Crippen LogP contribution in [-0.2, 0) is 22.6 Å². The molecule has 0 aliphatic heterocycles. The molecule has 0 radical (unpaired) electrons. The van der Waals surface area contributed by atoms with E-state index in [-0.39, 0.29) is 36.6 Å². The number of hydrogen-bond donors (Lipinski definition) is 1. The number of benzene rings is 3. The maximum Gasteiger partial charge on any atom is 0.243 e. The zero-order valence-corrected chi connectivity index (χ0v) is 22.5. The number of nitrogens with one attached hydrogen (secondary N) is 1. The van der Waals surface area contributed by atoms with Crippen LogP contribution < -0.4 is 14.8 Å². The lowest BCUT2D eigenvalue weighted by Gasteiger charge is -2.32. The number of nitrogens with zero attached hydrogens (tertiary/aromatic N) is 1. The van der Waals surface area contributed by atoms with Crippen LogP contribution in [0.25, 0.3) is 0 Å². The minimum Gasteiger partial charge on any atom is -0.497 e. The first-order valence-electron chi connectivity index (χ1n) is 13.7. The van der Waals surface area contributed by atoms with Crippen LogP contribution in [0.2, 0.25) is 0 Å². The molecule has 1 N–H and O–H groups in total. The van der Waals surface area contributed by atoms with E-state index < -0.39 is 6.04 Å². The molecular formula is C32H37FN2O4. The third kappa shape index (κ3) is 8.57. The minimum absolute atomic E-state index is 0.136. The summed E-state index contributed by atoms with van der Waals surface area (Å²) in [5, 5.41) is 3.20. The van der Waals surface area contributed by atoms with Crippen molar-refractivity contribution in [1.82, 2.24) is 10.2 Å². The van der Waals surface area contributed by atoms with Crippen LogP contribution >= 0.6 is 0 Å². The van der Waals surface area contributed by atoms with Crippen molar-refractivity contribution >= 4 is 11.8 Å². The van der Waals surface area contributed by atoms with Gasteiger partial charge in [0.25, 0.3) is 0 Å². The number of methoxy groups -OCH3 is 1. The first-order valence-corrected chi connectivity index (χ1v) is 13.7. The maximum absolute atomic E-state index is 13.7. The summed E-state index contributed by atoms with van der Waals surface area (Å²) < 4.78 is 24.6. The Labute approximate surface area is 230 Å². The topological polar surface area (TPSA) is 67.9 Å². The molecule has 1 aliphatic carbocycles. The van der Waals surface area contributed by atoms with Crippen LogP contribution in [0.15, 0.2) is 78.9 Å². The molecule has 1 saturated carbocycles. The normalized spacial score (nSPS) is 14.0. The molecular weight excluding hydrogens is 495 g/mol. The van der Waals surface area contributed by atoms with Crippen molar-refractivity contribution < 1.29 is 23.5 Å². The third-order valence-corrected chi connectivity index (χ3v) is 7.10. The molecule has 3 aromatic carbocycles. The standard InChI is InChI=1S/C32H37FN2O4/c1-38-28-17-19-29(20-18-28)39-21-7-12-31(36)35(23-25-13-15-26(33)16-14-25)30(22-24-8-3-2-4-9-24)32(37)34-27-10-5-6-11-27/h2-4,8-9,13-20,27,30H,5-7,10-12,21-23H2,1H3,(H,34,37)/t30-/m0/s1. The summed E-state index contributed by atoms with van der Waals surface area (Å²) >= 11 is 0. The van der Waals surface area contributed by atoms with E-state index in [0.29, 0.717) is 25.2 Å². The van der Waals surface area contributed by atoms with Gasteiger partial charge >= 0.3 is 0 Å². The van der Waals surface area contributed by atoms with Crippen LogP contribution in [0.3, 0.4) is 0 Å². The van der Waals surface area contributed by atoms with E-state index in [0.717, 1.165) is 42.6 Å². The zero-order chi connectivity index (χ0) is 27.5. The van der Waals surface area contributed by atoms with Gasteiger partial charge in [-0.2, -0.15) is 0 Å². The summed E-state index contributed by atoms with van der Waals surface area (Å²) in [6.45, 7) is 0.577. The van der Waals surface area contributed by atoms with Gasteiger partial charge in [0.2, 0.25) is 11.8 Å². The van der Waals surface area contributed by atoms with Gasteiger partial charge in [0, 0.05) is 25.4 Å². The number of carbonyl (C=O) groups is 2. The fourth-order valence-electron chi connectivity index (χ4n) is 4.94. The number of rotatable bonds is 13. The van der Waals surface area contributed by atoms with Crippen molar-refractivity contribution in [2.45, 2.75) is 63.6 Å². The second-order valence-electron chi connectivity index (χ2n) is 9.97. The predicted octanol–water partition coefficient (Wildman–Crippen LogP) is 5.69. The first-order chi connectivity index (χ1) is 19.0. The highest BCUT2D eigenvalue weighted by Gasteiger charge is 2.32. The molecule has 0 spiro atoms. The fraction of sp³-hybridized carbons (Fsp3) is 0.375. The Morgan fingerprint density at radius 3 is 2.26 bits per heavy atom. The number of hydrogen-bond acceptors (Lipinski definition) is 4. The molecule has 1 aliphatic rings. The van der Waals surface area contributed by atoms with Crippen molar-refractivity contribution in [2.24, 2.45) is 0 Å². The molecule has 6 nitrogen and oxygen atoms in total. The molecule has 7 heteroatoms. The van der Waals surface area contributed by atoms with Gasteiger partial charge < -0.3 is 19.7 Å².